The van der Waals surface area contributed by atoms with E-state index in [0.29, 0.717) is 10.8 Å². The van der Waals surface area contributed by atoms with Crippen molar-refractivity contribution in [3.05, 3.63) is 106 Å². The molecule has 1 fully saturated rings. The van der Waals surface area contributed by atoms with E-state index in [2.05, 4.69) is 72.5 Å². The van der Waals surface area contributed by atoms with Gasteiger partial charge in [0.05, 0.1) is 29.7 Å². The summed E-state index contributed by atoms with van der Waals surface area (Å²) in [7, 11) is -3.39. The lowest BCUT2D eigenvalue weighted by Crippen LogP contribution is -2.29. The van der Waals surface area contributed by atoms with Crippen LogP contribution in [0.1, 0.15) is 40.3 Å². The predicted octanol–water partition coefficient (Wildman–Crippen LogP) is 6.11. The summed E-state index contributed by atoms with van der Waals surface area (Å²) in [5.41, 5.74) is 7.54. The van der Waals surface area contributed by atoms with Crippen molar-refractivity contribution < 1.29 is 8.42 Å². The minimum Gasteiger partial charge on any atom is -0.351 e. The summed E-state index contributed by atoms with van der Waals surface area (Å²) in [5.74, 6) is 0. The van der Waals surface area contributed by atoms with E-state index < -0.39 is 10.0 Å². The van der Waals surface area contributed by atoms with E-state index in [1.165, 1.54) is 0 Å². The van der Waals surface area contributed by atoms with Gasteiger partial charge in [0, 0.05) is 33.4 Å². The van der Waals surface area contributed by atoms with Crippen LogP contribution in [0.25, 0.3) is 5.69 Å². The maximum absolute atomic E-state index is 11.8. The molecule has 10 heteroatoms. The quantitative estimate of drug-likeness (QED) is 0.257. The van der Waals surface area contributed by atoms with Crippen LogP contribution >= 0.6 is 28.1 Å². The molecule has 2 atom stereocenters. The zero-order valence-electron chi connectivity index (χ0n) is 21.4. The fraction of sp³-hybridized carbons (Fsp3) is 0.214. The molecule has 1 aliphatic rings. The molecule has 0 amide bonds. The number of hydrogen-bond acceptors (Lipinski definition) is 4. The molecule has 0 saturated carbocycles. The molecule has 38 heavy (non-hydrogen) atoms. The molecule has 5 rings (SSSR count). The highest BCUT2D eigenvalue weighted by atomic mass is 79.9. The maximum atomic E-state index is 11.8. The number of pyridine rings is 1. The third-order valence-electron chi connectivity index (χ3n) is 6.76. The topological polar surface area (TPSA) is 79.3 Å². The highest BCUT2D eigenvalue weighted by Gasteiger charge is 2.42. The predicted molar refractivity (Wildman–Crippen MR) is 161 cm³/mol. The van der Waals surface area contributed by atoms with Crippen LogP contribution < -0.4 is 14.9 Å². The Labute approximate surface area is 237 Å². The van der Waals surface area contributed by atoms with Crippen LogP contribution in [-0.4, -0.2) is 29.3 Å². The average molecular weight is 611 g/mol. The number of halogens is 1. The minimum absolute atomic E-state index is 0.180. The molecule has 0 aliphatic carbocycles. The molecule has 7 nitrogen and oxygen atoms in total. The molecule has 3 heterocycles. The molecule has 0 bridgehead atoms. The summed E-state index contributed by atoms with van der Waals surface area (Å²) in [5, 5.41) is 4.10. The number of nitrogens with one attached hydrogen (secondary N) is 2. The Balaban J connectivity index is 1.65. The molecule has 2 unspecified atom stereocenters. The Morgan fingerprint density at radius 3 is 2.34 bits per heavy atom. The number of benzene rings is 2. The van der Waals surface area contributed by atoms with E-state index in [1.54, 1.807) is 12.3 Å². The second-order valence-corrected chi connectivity index (χ2v) is 12.6. The van der Waals surface area contributed by atoms with Crippen molar-refractivity contribution in [3.63, 3.8) is 0 Å². The van der Waals surface area contributed by atoms with Crippen molar-refractivity contribution >= 4 is 54.7 Å². The van der Waals surface area contributed by atoms with Gasteiger partial charge in [-0.25, -0.2) is 8.42 Å². The molecule has 0 spiro atoms. The SMILES string of the molecule is Cc1cc(N2C(=S)NC(c3ccccn3)C2c2cc(C)n(-c3ccc(Br)cc3)c2C)ccc1NS(C)(=O)=O. The van der Waals surface area contributed by atoms with Gasteiger partial charge in [0.25, 0.3) is 0 Å². The van der Waals surface area contributed by atoms with Gasteiger partial charge in [-0.15, -0.1) is 0 Å². The summed E-state index contributed by atoms with van der Waals surface area (Å²) in [6.07, 6.45) is 2.94. The van der Waals surface area contributed by atoms with Crippen molar-refractivity contribution in [2.75, 3.05) is 15.9 Å². The normalized spacial score (nSPS) is 17.5. The second kappa shape index (κ2) is 10.2. The molecule has 0 radical (unpaired) electrons. The summed E-state index contributed by atoms with van der Waals surface area (Å²) in [6.45, 7) is 6.12. The first kappa shape index (κ1) is 26.4. The third-order valence-corrected chi connectivity index (χ3v) is 8.19. The Morgan fingerprint density at radius 1 is 1.00 bits per heavy atom. The molecule has 1 aliphatic heterocycles. The number of aryl methyl sites for hydroxylation is 2. The lowest BCUT2D eigenvalue weighted by atomic mass is 9.96. The van der Waals surface area contributed by atoms with Gasteiger partial charge in [-0.1, -0.05) is 22.0 Å². The second-order valence-electron chi connectivity index (χ2n) is 9.51. The standard InChI is InChI=1S/C28H28BrN5O2S2/c1-17-15-22(12-13-24(17)32-38(4,35)36)34-27(26(31-28(34)37)25-7-5-6-14-30-25)23-16-18(2)33(19(23)3)21-10-8-20(29)9-11-21/h5-16,26-27,32H,1-4H3,(H,31,37). The highest BCUT2D eigenvalue weighted by Crippen LogP contribution is 2.44. The number of aromatic nitrogens is 2. The zero-order valence-corrected chi connectivity index (χ0v) is 24.7. The number of thiocarbonyl (C=S) groups is 1. The van der Waals surface area contributed by atoms with Crippen LogP contribution in [0.4, 0.5) is 11.4 Å². The number of rotatable bonds is 6. The highest BCUT2D eigenvalue weighted by molar-refractivity contribution is 9.10. The molecule has 2 aromatic carbocycles. The Kier molecular flexibility index (Phi) is 7.06. The van der Waals surface area contributed by atoms with Crippen LogP contribution in [-0.2, 0) is 10.0 Å². The van der Waals surface area contributed by atoms with Gasteiger partial charge >= 0.3 is 0 Å². The van der Waals surface area contributed by atoms with Gasteiger partial charge in [0.15, 0.2) is 5.11 Å². The first-order chi connectivity index (χ1) is 18.0. The monoisotopic (exact) mass is 609 g/mol. The third kappa shape index (κ3) is 5.08. The van der Waals surface area contributed by atoms with Crippen LogP contribution in [0.5, 0.6) is 0 Å². The molecule has 4 aromatic rings. The largest absolute Gasteiger partial charge is 0.351 e. The summed E-state index contributed by atoms with van der Waals surface area (Å²) >= 11 is 9.43. The van der Waals surface area contributed by atoms with Gasteiger partial charge in [0.2, 0.25) is 10.0 Å². The summed E-state index contributed by atoms with van der Waals surface area (Å²) < 4.78 is 29.5. The van der Waals surface area contributed by atoms with E-state index >= 15 is 0 Å². The van der Waals surface area contributed by atoms with Crippen molar-refractivity contribution in [2.45, 2.75) is 32.9 Å². The number of hydrogen-bond donors (Lipinski definition) is 2. The Bertz CT molecular complexity index is 1620. The number of nitrogens with zero attached hydrogens (tertiary/aromatic N) is 3. The van der Waals surface area contributed by atoms with Crippen LogP contribution in [0, 0.1) is 20.8 Å². The Hall–Kier alpha value is -3.21. The van der Waals surface area contributed by atoms with Gasteiger partial charge in [0.1, 0.15) is 0 Å². The fourth-order valence-corrected chi connectivity index (χ4v) is 6.37. The van der Waals surface area contributed by atoms with Gasteiger partial charge in [-0.05, 0) is 105 Å². The molecule has 2 N–H and O–H groups in total. The molecular weight excluding hydrogens is 582 g/mol. The molecule has 196 valence electrons. The average Bonchev–Trinajstić information content (AvgIpc) is 3.36. The van der Waals surface area contributed by atoms with Gasteiger partial charge in [-0.2, -0.15) is 0 Å². The molecule has 1 saturated heterocycles. The van der Waals surface area contributed by atoms with Crippen LogP contribution in [0.15, 0.2) is 77.4 Å². The smallest absolute Gasteiger partial charge is 0.229 e. The lowest BCUT2D eigenvalue weighted by Gasteiger charge is -2.29. The summed E-state index contributed by atoms with van der Waals surface area (Å²) in [4.78, 5) is 6.77. The van der Waals surface area contributed by atoms with E-state index in [9.17, 15) is 8.42 Å². The van der Waals surface area contributed by atoms with Gasteiger partial charge < -0.3 is 14.8 Å². The molecular formula is C28H28BrN5O2S2. The van der Waals surface area contributed by atoms with E-state index in [-0.39, 0.29) is 12.1 Å². The van der Waals surface area contributed by atoms with Crippen molar-refractivity contribution in [1.29, 1.82) is 0 Å². The maximum Gasteiger partial charge on any atom is 0.229 e. The van der Waals surface area contributed by atoms with Crippen molar-refractivity contribution in [1.82, 2.24) is 14.9 Å². The van der Waals surface area contributed by atoms with E-state index in [1.807, 2.05) is 49.4 Å². The minimum atomic E-state index is -3.39. The summed E-state index contributed by atoms with van der Waals surface area (Å²) in [6, 6.07) is 21.7. The first-order valence-corrected chi connectivity index (χ1v) is 15.2. The van der Waals surface area contributed by atoms with E-state index in [4.69, 9.17) is 12.2 Å². The van der Waals surface area contributed by atoms with Gasteiger partial charge in [-0.3, -0.25) is 9.71 Å². The zero-order chi connectivity index (χ0) is 27.2. The van der Waals surface area contributed by atoms with Crippen molar-refractivity contribution in [2.24, 2.45) is 0 Å². The first-order valence-electron chi connectivity index (χ1n) is 12.1. The number of sulfonamides is 1. The lowest BCUT2D eigenvalue weighted by molar-refractivity contribution is 0.565. The van der Waals surface area contributed by atoms with Crippen LogP contribution in [0.2, 0.25) is 0 Å². The van der Waals surface area contributed by atoms with E-state index in [0.717, 1.165) is 50.3 Å². The number of anilines is 2. The fourth-order valence-electron chi connectivity index (χ4n) is 5.14. The van der Waals surface area contributed by atoms with Crippen LogP contribution in [0.3, 0.4) is 0 Å². The Morgan fingerprint density at radius 2 is 1.71 bits per heavy atom. The van der Waals surface area contributed by atoms with Crippen molar-refractivity contribution in [3.8, 4) is 5.69 Å². The molecule has 2 aromatic heterocycles.